The van der Waals surface area contributed by atoms with Gasteiger partial charge in [-0.1, -0.05) is 12.1 Å². The average Bonchev–Trinajstić information content (AvgIpc) is 2.39. The van der Waals surface area contributed by atoms with E-state index in [2.05, 4.69) is 27.9 Å². The van der Waals surface area contributed by atoms with E-state index < -0.39 is 0 Å². The fourth-order valence-corrected chi connectivity index (χ4v) is 2.04. The van der Waals surface area contributed by atoms with Gasteiger partial charge in [-0.2, -0.15) is 5.26 Å². The Labute approximate surface area is 119 Å². The summed E-state index contributed by atoms with van der Waals surface area (Å²) < 4.78 is 1.01. The summed E-state index contributed by atoms with van der Waals surface area (Å²) in [5.74, 6) is -0.177. The van der Waals surface area contributed by atoms with Crippen LogP contribution in [0.1, 0.15) is 15.9 Å². The molecule has 1 amide bonds. The lowest BCUT2D eigenvalue weighted by Gasteiger charge is -2.05. The minimum atomic E-state index is -0.177. The van der Waals surface area contributed by atoms with Crippen molar-refractivity contribution in [1.29, 1.82) is 5.26 Å². The second-order valence-corrected chi connectivity index (χ2v) is 4.90. The molecular formula is C14H9IN2O. The van der Waals surface area contributed by atoms with Crippen LogP contribution < -0.4 is 5.32 Å². The standard InChI is InChI=1S/C14H9IN2O/c15-12-5-2-4-11(8-12)14(18)17-13-6-1-3-10(7-13)9-16/h1-8H,(H,17,18). The maximum atomic E-state index is 12.0. The van der Waals surface area contributed by atoms with Gasteiger partial charge in [-0.3, -0.25) is 4.79 Å². The molecule has 0 saturated heterocycles. The average molecular weight is 348 g/mol. The Kier molecular flexibility index (Phi) is 3.95. The summed E-state index contributed by atoms with van der Waals surface area (Å²) in [7, 11) is 0. The molecule has 0 fully saturated rings. The first-order valence-electron chi connectivity index (χ1n) is 5.26. The third-order valence-corrected chi connectivity index (χ3v) is 3.01. The zero-order chi connectivity index (χ0) is 13.0. The molecule has 18 heavy (non-hydrogen) atoms. The Morgan fingerprint density at radius 2 is 1.94 bits per heavy atom. The SMILES string of the molecule is N#Cc1cccc(NC(=O)c2cccc(I)c2)c1. The van der Waals surface area contributed by atoms with Crippen molar-refractivity contribution in [3.63, 3.8) is 0 Å². The maximum Gasteiger partial charge on any atom is 0.255 e. The molecule has 0 aliphatic carbocycles. The predicted molar refractivity (Wildman–Crippen MR) is 78.3 cm³/mol. The Bertz CT molecular complexity index is 632. The van der Waals surface area contributed by atoms with E-state index in [1.54, 1.807) is 30.3 Å². The molecule has 88 valence electrons. The highest BCUT2D eigenvalue weighted by Crippen LogP contribution is 2.13. The molecule has 1 N–H and O–H groups in total. The zero-order valence-electron chi connectivity index (χ0n) is 9.35. The number of nitrogens with zero attached hydrogens (tertiary/aromatic N) is 1. The van der Waals surface area contributed by atoms with E-state index >= 15 is 0 Å². The molecule has 0 saturated carbocycles. The van der Waals surface area contributed by atoms with Gasteiger partial charge in [0.1, 0.15) is 0 Å². The van der Waals surface area contributed by atoms with Crippen LogP contribution in [-0.2, 0) is 0 Å². The van der Waals surface area contributed by atoms with Crippen molar-refractivity contribution < 1.29 is 4.79 Å². The van der Waals surface area contributed by atoms with Crippen LogP contribution in [0.25, 0.3) is 0 Å². The van der Waals surface area contributed by atoms with Gasteiger partial charge in [-0.25, -0.2) is 0 Å². The summed E-state index contributed by atoms with van der Waals surface area (Å²) in [5.41, 5.74) is 1.75. The van der Waals surface area contributed by atoms with Crippen molar-refractivity contribution in [2.24, 2.45) is 0 Å². The molecule has 0 aliphatic heterocycles. The number of hydrogen-bond acceptors (Lipinski definition) is 2. The fraction of sp³-hybridized carbons (Fsp3) is 0. The van der Waals surface area contributed by atoms with Gasteiger partial charge in [0, 0.05) is 14.8 Å². The van der Waals surface area contributed by atoms with Crippen LogP contribution in [0.3, 0.4) is 0 Å². The van der Waals surface area contributed by atoms with Crippen molar-refractivity contribution >= 4 is 34.2 Å². The number of carbonyl (C=O) groups is 1. The van der Waals surface area contributed by atoms with E-state index in [1.165, 1.54) is 0 Å². The highest BCUT2D eigenvalue weighted by molar-refractivity contribution is 14.1. The lowest BCUT2D eigenvalue weighted by atomic mass is 10.2. The topological polar surface area (TPSA) is 52.9 Å². The second-order valence-electron chi connectivity index (χ2n) is 3.66. The largest absolute Gasteiger partial charge is 0.322 e. The molecule has 0 aliphatic rings. The smallest absolute Gasteiger partial charge is 0.255 e. The number of carbonyl (C=O) groups excluding carboxylic acids is 1. The molecule has 0 heterocycles. The monoisotopic (exact) mass is 348 g/mol. The van der Waals surface area contributed by atoms with E-state index in [-0.39, 0.29) is 5.91 Å². The van der Waals surface area contributed by atoms with Crippen molar-refractivity contribution in [3.05, 3.63) is 63.2 Å². The Morgan fingerprint density at radius 3 is 2.67 bits per heavy atom. The summed E-state index contributed by atoms with van der Waals surface area (Å²) in [4.78, 5) is 12.0. The molecule has 2 aromatic rings. The summed E-state index contributed by atoms with van der Waals surface area (Å²) in [6.45, 7) is 0. The van der Waals surface area contributed by atoms with Crippen molar-refractivity contribution in [3.8, 4) is 6.07 Å². The number of nitrogens with one attached hydrogen (secondary N) is 1. The first-order chi connectivity index (χ1) is 8.69. The lowest BCUT2D eigenvalue weighted by molar-refractivity contribution is 0.102. The number of benzene rings is 2. The van der Waals surface area contributed by atoms with E-state index in [4.69, 9.17) is 5.26 Å². The summed E-state index contributed by atoms with van der Waals surface area (Å²) in [5, 5.41) is 11.6. The van der Waals surface area contributed by atoms with Gasteiger partial charge < -0.3 is 5.32 Å². The van der Waals surface area contributed by atoms with Gasteiger partial charge >= 0.3 is 0 Å². The van der Waals surface area contributed by atoms with Crippen molar-refractivity contribution in [2.45, 2.75) is 0 Å². The highest BCUT2D eigenvalue weighted by Gasteiger charge is 2.06. The highest BCUT2D eigenvalue weighted by atomic mass is 127. The normalized spacial score (nSPS) is 9.56. The molecule has 0 radical (unpaired) electrons. The molecule has 0 spiro atoms. The van der Waals surface area contributed by atoms with Crippen LogP contribution in [0.5, 0.6) is 0 Å². The minimum absolute atomic E-state index is 0.177. The van der Waals surface area contributed by atoms with E-state index in [9.17, 15) is 4.79 Å². The van der Waals surface area contributed by atoms with Gasteiger partial charge in [0.15, 0.2) is 0 Å². The van der Waals surface area contributed by atoms with E-state index in [0.29, 0.717) is 16.8 Å². The van der Waals surface area contributed by atoms with E-state index in [1.807, 2.05) is 24.3 Å². The number of rotatable bonds is 2. The molecule has 4 heteroatoms. The molecule has 0 unspecified atom stereocenters. The lowest BCUT2D eigenvalue weighted by Crippen LogP contribution is -2.11. The molecule has 0 aromatic heterocycles. The first kappa shape index (κ1) is 12.6. The number of halogens is 1. The molecular weight excluding hydrogens is 339 g/mol. The third kappa shape index (κ3) is 3.08. The quantitative estimate of drug-likeness (QED) is 0.846. The number of amides is 1. The molecule has 0 bridgehead atoms. The minimum Gasteiger partial charge on any atom is -0.322 e. The van der Waals surface area contributed by atoms with Crippen molar-refractivity contribution in [2.75, 3.05) is 5.32 Å². The molecule has 3 nitrogen and oxygen atoms in total. The van der Waals surface area contributed by atoms with Gasteiger partial charge in [0.05, 0.1) is 11.6 Å². The summed E-state index contributed by atoms with van der Waals surface area (Å²) >= 11 is 2.16. The third-order valence-electron chi connectivity index (χ3n) is 2.34. The Morgan fingerprint density at radius 1 is 1.17 bits per heavy atom. The number of anilines is 1. The van der Waals surface area contributed by atoms with Crippen LogP contribution in [0.4, 0.5) is 5.69 Å². The molecule has 0 atom stereocenters. The number of hydrogen-bond donors (Lipinski definition) is 1. The van der Waals surface area contributed by atoms with Gasteiger partial charge in [-0.15, -0.1) is 0 Å². The number of nitriles is 1. The van der Waals surface area contributed by atoms with Gasteiger partial charge in [0.25, 0.3) is 5.91 Å². The zero-order valence-corrected chi connectivity index (χ0v) is 11.5. The van der Waals surface area contributed by atoms with Crippen LogP contribution in [0, 0.1) is 14.9 Å². The molecule has 2 rings (SSSR count). The summed E-state index contributed by atoms with van der Waals surface area (Å²) in [6.07, 6.45) is 0. The summed E-state index contributed by atoms with van der Waals surface area (Å²) in [6, 6.07) is 16.2. The van der Waals surface area contributed by atoms with Crippen molar-refractivity contribution in [1.82, 2.24) is 0 Å². The maximum absolute atomic E-state index is 12.0. The van der Waals surface area contributed by atoms with Gasteiger partial charge in [0.2, 0.25) is 0 Å². The predicted octanol–water partition coefficient (Wildman–Crippen LogP) is 3.42. The fourth-order valence-electron chi connectivity index (χ4n) is 1.50. The van der Waals surface area contributed by atoms with Crippen LogP contribution in [0.2, 0.25) is 0 Å². The Hall–Kier alpha value is -1.87. The first-order valence-corrected chi connectivity index (χ1v) is 6.34. The second kappa shape index (κ2) is 5.65. The van der Waals surface area contributed by atoms with Gasteiger partial charge in [-0.05, 0) is 59.0 Å². The molecule has 2 aromatic carbocycles. The Balaban J connectivity index is 2.19. The van der Waals surface area contributed by atoms with E-state index in [0.717, 1.165) is 3.57 Å². The van der Waals surface area contributed by atoms with Crippen LogP contribution in [-0.4, -0.2) is 5.91 Å². The van der Waals surface area contributed by atoms with Crippen LogP contribution in [0.15, 0.2) is 48.5 Å². The van der Waals surface area contributed by atoms with Crippen LogP contribution >= 0.6 is 22.6 Å².